The first-order chi connectivity index (χ1) is 22.5. The van der Waals surface area contributed by atoms with Crippen molar-refractivity contribution in [3.63, 3.8) is 0 Å². The average molecular weight is 702 g/mol. The molecular weight excluding hydrogens is 617 g/mol. The molecule has 3 N–H and O–H groups in total. The molecule has 0 saturated carbocycles. The molecule has 10 nitrogen and oxygen atoms in total. The number of rotatable bonds is 30. The van der Waals surface area contributed by atoms with E-state index in [1.807, 2.05) is 0 Å². The highest BCUT2D eigenvalue weighted by molar-refractivity contribution is 7.40. The zero-order chi connectivity index (χ0) is 36.4. The standard InChI is InChI=1S/3C12H27NO.H3O4P/c3*1-4-7-8-9-11-14-12-10-13(5-2)6-3;1-5(2,3)4/h3*4-12H2,1-3H3;(H3,1,2,3,4). The normalized spacial score (nSPS) is 11.2. The molecule has 0 unspecified atom stereocenters. The minimum Gasteiger partial charge on any atom is -0.822 e. The van der Waals surface area contributed by atoms with Gasteiger partial charge in [0, 0.05) is 19.8 Å². The van der Waals surface area contributed by atoms with Gasteiger partial charge in [0.2, 0.25) is 0 Å². The van der Waals surface area contributed by atoms with Crippen molar-refractivity contribution in [2.75, 3.05) is 98.5 Å². The highest BCUT2D eigenvalue weighted by Crippen LogP contribution is 2.03. The van der Waals surface area contributed by atoms with E-state index < -0.39 is 7.82 Å². The Bertz CT molecular complexity index is 507. The van der Waals surface area contributed by atoms with Gasteiger partial charge in [-0.05, 0) is 60.8 Å². The highest BCUT2D eigenvalue weighted by Gasteiger charge is 2.02. The Morgan fingerprint density at radius 1 is 0.383 bits per heavy atom. The summed E-state index contributed by atoms with van der Waals surface area (Å²) >= 11 is 0. The van der Waals surface area contributed by atoms with E-state index in [4.69, 9.17) is 33.5 Å². The van der Waals surface area contributed by atoms with Crippen LogP contribution in [-0.2, 0) is 18.8 Å². The van der Waals surface area contributed by atoms with E-state index in [1.165, 1.54) is 136 Å². The van der Waals surface area contributed by atoms with Crippen molar-refractivity contribution >= 4 is 7.82 Å². The molecule has 0 radical (unpaired) electrons. The fraction of sp³-hybridized carbons (Fsp3) is 1.00. The van der Waals surface area contributed by atoms with Crippen molar-refractivity contribution in [2.24, 2.45) is 0 Å². The molecule has 0 aliphatic heterocycles. The van der Waals surface area contributed by atoms with Crippen molar-refractivity contribution in [3.8, 4) is 0 Å². The fourth-order valence-electron chi connectivity index (χ4n) is 4.66. The SMILES string of the molecule is CCCCCCOCC[NH+](CC)CC.CCCCCCOCC[NH+](CC)CC.CCCCCCOCC[NH+](CC)CC.O=P([O-])([O-])[O-]. The summed E-state index contributed by atoms with van der Waals surface area (Å²) in [4.78, 5) is 30.6. The van der Waals surface area contributed by atoms with E-state index >= 15 is 0 Å². The maximum Gasteiger partial charge on any atom is 0.101 e. The topological polar surface area (TPSA) is 127 Å². The Labute approximate surface area is 293 Å². The summed E-state index contributed by atoms with van der Waals surface area (Å²) in [5.74, 6) is 0. The lowest BCUT2D eigenvalue weighted by Crippen LogP contribution is -3.11. The van der Waals surface area contributed by atoms with E-state index in [-0.39, 0.29) is 0 Å². The monoisotopic (exact) mass is 702 g/mol. The van der Waals surface area contributed by atoms with Crippen LogP contribution in [0.5, 0.6) is 0 Å². The first kappa shape index (κ1) is 53.7. The van der Waals surface area contributed by atoms with Crippen molar-refractivity contribution in [1.29, 1.82) is 0 Å². The maximum absolute atomic E-state index is 8.55. The van der Waals surface area contributed by atoms with Gasteiger partial charge < -0.3 is 48.2 Å². The lowest BCUT2D eigenvalue weighted by atomic mass is 10.2. The Balaban J connectivity index is -0.000000275. The van der Waals surface area contributed by atoms with Gasteiger partial charge in [0.1, 0.15) is 19.6 Å². The summed E-state index contributed by atoms with van der Waals surface area (Å²) in [7, 11) is -5.39. The summed E-state index contributed by atoms with van der Waals surface area (Å²) in [5.41, 5.74) is 0. The van der Waals surface area contributed by atoms with Crippen LogP contribution >= 0.6 is 7.82 Å². The molecule has 0 aromatic rings. The van der Waals surface area contributed by atoms with Gasteiger partial charge in [-0.1, -0.05) is 78.6 Å². The van der Waals surface area contributed by atoms with E-state index in [0.717, 1.165) is 39.6 Å². The van der Waals surface area contributed by atoms with Gasteiger partial charge in [-0.25, -0.2) is 0 Å². The maximum atomic E-state index is 8.55. The molecular formula is C36H84N3O7P. The molecule has 0 rings (SSSR count). The molecule has 0 fully saturated rings. The Morgan fingerprint density at radius 2 is 0.596 bits per heavy atom. The molecule has 0 aliphatic carbocycles. The number of unbranched alkanes of at least 4 members (excludes halogenated alkanes) is 9. The van der Waals surface area contributed by atoms with Gasteiger partial charge in [-0.3, -0.25) is 0 Å². The Morgan fingerprint density at radius 3 is 0.766 bits per heavy atom. The fourth-order valence-corrected chi connectivity index (χ4v) is 4.66. The van der Waals surface area contributed by atoms with Crippen molar-refractivity contribution in [1.82, 2.24) is 0 Å². The minimum atomic E-state index is -5.39. The summed E-state index contributed by atoms with van der Waals surface area (Å²) in [6.07, 6.45) is 15.7. The first-order valence-electron chi connectivity index (χ1n) is 19.5. The van der Waals surface area contributed by atoms with Crippen LogP contribution in [0, 0.1) is 0 Å². The molecule has 0 heterocycles. The van der Waals surface area contributed by atoms with Crippen LogP contribution in [0.3, 0.4) is 0 Å². The second-order valence-corrected chi connectivity index (χ2v) is 13.0. The molecule has 11 heteroatoms. The van der Waals surface area contributed by atoms with Gasteiger partial charge in [-0.15, -0.1) is 0 Å². The number of hydrogen-bond acceptors (Lipinski definition) is 7. The second kappa shape index (κ2) is 45.9. The molecule has 290 valence electrons. The lowest BCUT2D eigenvalue weighted by molar-refractivity contribution is -0.896. The molecule has 47 heavy (non-hydrogen) atoms. The van der Waals surface area contributed by atoms with E-state index in [1.54, 1.807) is 14.7 Å². The van der Waals surface area contributed by atoms with Crippen LogP contribution in [0.2, 0.25) is 0 Å². The van der Waals surface area contributed by atoms with E-state index in [2.05, 4.69) is 62.3 Å². The van der Waals surface area contributed by atoms with Crippen LogP contribution in [0.4, 0.5) is 0 Å². The Hall–Kier alpha value is -0.130. The molecule has 0 aromatic carbocycles. The van der Waals surface area contributed by atoms with Crippen molar-refractivity contribution < 1.29 is 48.2 Å². The number of ether oxygens (including phenoxy) is 3. The third-order valence-corrected chi connectivity index (χ3v) is 8.23. The average Bonchev–Trinajstić information content (AvgIpc) is 3.05. The number of likely N-dealkylation sites (N-methyl/N-ethyl adjacent to an activating group) is 3. The predicted molar refractivity (Wildman–Crippen MR) is 193 cm³/mol. The van der Waals surface area contributed by atoms with Gasteiger partial charge in [0.25, 0.3) is 0 Å². The molecule has 0 bridgehead atoms. The van der Waals surface area contributed by atoms with E-state index in [9.17, 15) is 0 Å². The molecule has 0 amide bonds. The van der Waals surface area contributed by atoms with Gasteiger partial charge in [0.15, 0.2) is 0 Å². The van der Waals surface area contributed by atoms with Crippen LogP contribution < -0.4 is 29.4 Å². The molecule has 0 aliphatic rings. The molecule has 0 atom stereocenters. The van der Waals surface area contributed by atoms with Crippen molar-refractivity contribution in [2.45, 2.75) is 139 Å². The van der Waals surface area contributed by atoms with Crippen LogP contribution in [0.1, 0.15) is 139 Å². The molecule has 0 aromatic heterocycles. The third kappa shape index (κ3) is 58.4. The van der Waals surface area contributed by atoms with Crippen LogP contribution in [-0.4, -0.2) is 98.5 Å². The van der Waals surface area contributed by atoms with Crippen LogP contribution in [0.15, 0.2) is 0 Å². The Kier molecular flexibility index (Phi) is 52.4. The van der Waals surface area contributed by atoms with Crippen LogP contribution in [0.25, 0.3) is 0 Å². The molecule has 0 spiro atoms. The minimum absolute atomic E-state index is 0.934. The second-order valence-electron chi connectivity index (χ2n) is 12.1. The van der Waals surface area contributed by atoms with Crippen molar-refractivity contribution in [3.05, 3.63) is 0 Å². The van der Waals surface area contributed by atoms with E-state index in [0.29, 0.717) is 0 Å². The smallest absolute Gasteiger partial charge is 0.101 e. The summed E-state index contributed by atoms with van der Waals surface area (Å²) in [5, 5.41) is 0. The highest BCUT2D eigenvalue weighted by atomic mass is 31.2. The zero-order valence-corrected chi connectivity index (χ0v) is 33.8. The van der Waals surface area contributed by atoms with Gasteiger partial charge in [0.05, 0.1) is 59.1 Å². The number of phosphoric acid groups is 1. The molecule has 0 saturated heterocycles. The number of quaternary nitrogens is 3. The van der Waals surface area contributed by atoms with Gasteiger partial charge in [-0.2, -0.15) is 7.82 Å². The quantitative estimate of drug-likeness (QED) is 0.0769. The largest absolute Gasteiger partial charge is 0.822 e. The summed E-state index contributed by atoms with van der Waals surface area (Å²) in [6.45, 7) is 36.6. The lowest BCUT2D eigenvalue weighted by Gasteiger charge is -2.36. The van der Waals surface area contributed by atoms with Gasteiger partial charge >= 0.3 is 0 Å². The predicted octanol–water partition coefficient (Wildman–Crippen LogP) is 1.70. The number of hydrogen-bond donors (Lipinski definition) is 3. The first-order valence-corrected chi connectivity index (χ1v) is 21.0. The zero-order valence-electron chi connectivity index (χ0n) is 32.9. The third-order valence-electron chi connectivity index (χ3n) is 8.23. The number of nitrogens with one attached hydrogen (secondary N) is 3. The summed E-state index contributed by atoms with van der Waals surface area (Å²) in [6, 6.07) is 0. The summed E-state index contributed by atoms with van der Waals surface area (Å²) < 4.78 is 25.3.